The second-order valence-electron chi connectivity index (χ2n) is 7.28. The van der Waals surface area contributed by atoms with Gasteiger partial charge in [0, 0.05) is 30.7 Å². The lowest BCUT2D eigenvalue weighted by molar-refractivity contribution is -0.138. The number of carbonyl (C=O) groups excluding carboxylic acids is 2. The SMILES string of the molecule is C[C@H](C(=O)Nc1ccc2c(c1)OCO2)N(Cc1cccnc1)C(=O)Cc1ccccc1. The van der Waals surface area contributed by atoms with E-state index in [2.05, 4.69) is 10.3 Å². The van der Waals surface area contributed by atoms with E-state index in [1.165, 1.54) is 0 Å². The first-order valence-corrected chi connectivity index (χ1v) is 10.0. The lowest BCUT2D eigenvalue weighted by Crippen LogP contribution is -2.45. The summed E-state index contributed by atoms with van der Waals surface area (Å²) in [5.74, 6) is 0.799. The zero-order valence-corrected chi connectivity index (χ0v) is 17.2. The van der Waals surface area contributed by atoms with Gasteiger partial charge in [-0.1, -0.05) is 36.4 Å². The highest BCUT2D eigenvalue weighted by Gasteiger charge is 2.27. The van der Waals surface area contributed by atoms with Crippen molar-refractivity contribution >= 4 is 17.5 Å². The number of pyridine rings is 1. The van der Waals surface area contributed by atoms with Gasteiger partial charge in [0.2, 0.25) is 18.6 Å². The molecule has 1 aromatic heterocycles. The first-order chi connectivity index (χ1) is 15.1. The molecule has 3 aromatic rings. The highest BCUT2D eigenvalue weighted by molar-refractivity contribution is 5.97. The molecular weight excluding hydrogens is 394 g/mol. The molecule has 0 radical (unpaired) electrons. The van der Waals surface area contributed by atoms with Gasteiger partial charge in [-0.15, -0.1) is 0 Å². The van der Waals surface area contributed by atoms with E-state index in [1.807, 2.05) is 42.5 Å². The smallest absolute Gasteiger partial charge is 0.246 e. The summed E-state index contributed by atoms with van der Waals surface area (Å²) in [4.78, 5) is 31.9. The number of amides is 2. The van der Waals surface area contributed by atoms with Crippen LogP contribution in [0.2, 0.25) is 0 Å². The molecule has 4 rings (SSSR count). The molecule has 0 unspecified atom stereocenters. The van der Waals surface area contributed by atoms with E-state index in [0.29, 0.717) is 17.2 Å². The molecule has 1 atom stereocenters. The molecule has 2 amide bonds. The van der Waals surface area contributed by atoms with E-state index >= 15 is 0 Å². The van der Waals surface area contributed by atoms with Crippen LogP contribution < -0.4 is 14.8 Å². The predicted molar refractivity (Wildman–Crippen MR) is 116 cm³/mol. The average molecular weight is 417 g/mol. The van der Waals surface area contributed by atoms with Crippen molar-refractivity contribution < 1.29 is 19.1 Å². The Kier molecular flexibility index (Phi) is 6.12. The Bertz CT molecular complexity index is 1060. The van der Waals surface area contributed by atoms with E-state index in [0.717, 1.165) is 11.1 Å². The third kappa shape index (κ3) is 5.01. The molecule has 7 nitrogen and oxygen atoms in total. The number of nitrogens with zero attached hydrogens (tertiary/aromatic N) is 2. The Labute approximate surface area is 180 Å². The minimum Gasteiger partial charge on any atom is -0.454 e. The highest BCUT2D eigenvalue weighted by atomic mass is 16.7. The van der Waals surface area contributed by atoms with Gasteiger partial charge >= 0.3 is 0 Å². The van der Waals surface area contributed by atoms with Crippen molar-refractivity contribution in [3.63, 3.8) is 0 Å². The van der Waals surface area contributed by atoms with Crippen LogP contribution in [0.25, 0.3) is 0 Å². The van der Waals surface area contributed by atoms with Crippen LogP contribution in [0.15, 0.2) is 73.1 Å². The molecule has 7 heteroatoms. The summed E-state index contributed by atoms with van der Waals surface area (Å²) in [5.41, 5.74) is 2.33. The number of aromatic nitrogens is 1. The average Bonchev–Trinajstić information content (AvgIpc) is 3.26. The van der Waals surface area contributed by atoms with Gasteiger partial charge in [-0.2, -0.15) is 0 Å². The van der Waals surface area contributed by atoms with Crippen LogP contribution >= 0.6 is 0 Å². The maximum Gasteiger partial charge on any atom is 0.246 e. The maximum atomic E-state index is 13.2. The summed E-state index contributed by atoms with van der Waals surface area (Å²) in [6.45, 7) is 2.17. The Morgan fingerprint density at radius 2 is 1.81 bits per heavy atom. The van der Waals surface area contributed by atoms with Crippen molar-refractivity contribution in [3.8, 4) is 11.5 Å². The molecule has 31 heavy (non-hydrogen) atoms. The summed E-state index contributed by atoms with van der Waals surface area (Å²) in [5, 5.41) is 2.87. The van der Waals surface area contributed by atoms with Crippen LogP contribution in [0, 0.1) is 0 Å². The third-order valence-electron chi connectivity index (χ3n) is 5.08. The fourth-order valence-electron chi connectivity index (χ4n) is 3.36. The number of hydrogen-bond acceptors (Lipinski definition) is 5. The number of benzene rings is 2. The van der Waals surface area contributed by atoms with E-state index < -0.39 is 6.04 Å². The molecule has 2 aromatic carbocycles. The second kappa shape index (κ2) is 9.30. The van der Waals surface area contributed by atoms with Crippen LogP contribution in [0.3, 0.4) is 0 Å². The largest absolute Gasteiger partial charge is 0.454 e. The number of ether oxygens (including phenoxy) is 2. The van der Waals surface area contributed by atoms with Gasteiger partial charge in [-0.25, -0.2) is 0 Å². The standard InChI is InChI=1S/C24H23N3O4/c1-17(24(29)26-20-9-10-21-22(13-20)31-16-30-21)27(15-19-8-5-11-25-14-19)23(28)12-18-6-3-2-4-7-18/h2-11,13-14,17H,12,15-16H2,1H3,(H,26,29)/t17-/m1/s1. The number of carbonyl (C=O) groups is 2. The molecule has 0 saturated carbocycles. The van der Waals surface area contributed by atoms with Crippen molar-refractivity contribution in [1.82, 2.24) is 9.88 Å². The highest BCUT2D eigenvalue weighted by Crippen LogP contribution is 2.34. The Hall–Kier alpha value is -3.87. The summed E-state index contributed by atoms with van der Waals surface area (Å²) in [6.07, 6.45) is 3.59. The van der Waals surface area contributed by atoms with Gasteiger partial charge in [-0.3, -0.25) is 14.6 Å². The van der Waals surface area contributed by atoms with Gasteiger partial charge in [0.15, 0.2) is 11.5 Å². The zero-order chi connectivity index (χ0) is 21.6. The van der Waals surface area contributed by atoms with Crippen LogP contribution in [-0.4, -0.2) is 34.5 Å². The van der Waals surface area contributed by atoms with Crippen molar-refractivity contribution in [1.29, 1.82) is 0 Å². The fraction of sp³-hybridized carbons (Fsp3) is 0.208. The van der Waals surface area contributed by atoms with Gasteiger partial charge in [0.25, 0.3) is 0 Å². The molecule has 0 fully saturated rings. The molecule has 0 aliphatic carbocycles. The summed E-state index contributed by atoms with van der Waals surface area (Å²) in [6, 6.07) is 17.7. The van der Waals surface area contributed by atoms with Crippen molar-refractivity contribution in [3.05, 3.63) is 84.2 Å². The molecule has 158 valence electrons. The minimum absolute atomic E-state index is 0.136. The fourth-order valence-corrected chi connectivity index (χ4v) is 3.36. The van der Waals surface area contributed by atoms with Gasteiger partial charge in [-0.05, 0) is 36.2 Å². The van der Waals surface area contributed by atoms with Crippen molar-refractivity contribution in [2.75, 3.05) is 12.1 Å². The van der Waals surface area contributed by atoms with Crippen LogP contribution in [0.1, 0.15) is 18.1 Å². The third-order valence-corrected chi connectivity index (χ3v) is 5.08. The maximum absolute atomic E-state index is 13.2. The number of anilines is 1. The van der Waals surface area contributed by atoms with Crippen molar-refractivity contribution in [2.45, 2.75) is 25.9 Å². The molecular formula is C24H23N3O4. The van der Waals surface area contributed by atoms with E-state index in [1.54, 1.807) is 42.4 Å². The second-order valence-corrected chi connectivity index (χ2v) is 7.28. The number of rotatable bonds is 7. The van der Waals surface area contributed by atoms with E-state index in [-0.39, 0.29) is 31.6 Å². The van der Waals surface area contributed by atoms with Gasteiger partial charge < -0.3 is 19.7 Å². The quantitative estimate of drug-likeness (QED) is 0.637. The zero-order valence-electron chi connectivity index (χ0n) is 17.2. The lowest BCUT2D eigenvalue weighted by Gasteiger charge is -2.29. The number of fused-ring (bicyclic) bond motifs is 1. The Morgan fingerprint density at radius 3 is 2.58 bits per heavy atom. The molecule has 1 N–H and O–H groups in total. The first kappa shape index (κ1) is 20.4. The van der Waals surface area contributed by atoms with Crippen molar-refractivity contribution in [2.24, 2.45) is 0 Å². The topological polar surface area (TPSA) is 80.8 Å². The summed E-state index contributed by atoms with van der Waals surface area (Å²) >= 11 is 0. The summed E-state index contributed by atoms with van der Waals surface area (Å²) < 4.78 is 10.7. The van der Waals surface area contributed by atoms with Gasteiger partial charge in [0.1, 0.15) is 6.04 Å². The van der Waals surface area contributed by atoms with E-state index in [4.69, 9.17) is 9.47 Å². The molecule has 0 spiro atoms. The minimum atomic E-state index is -0.693. The monoisotopic (exact) mass is 417 g/mol. The Morgan fingerprint density at radius 1 is 1.03 bits per heavy atom. The molecule has 1 aliphatic heterocycles. The molecule has 0 saturated heterocycles. The Balaban J connectivity index is 1.51. The van der Waals surface area contributed by atoms with Gasteiger partial charge in [0.05, 0.1) is 6.42 Å². The predicted octanol–water partition coefficient (Wildman–Crippen LogP) is 3.41. The van der Waals surface area contributed by atoms with Crippen LogP contribution in [0.4, 0.5) is 5.69 Å². The lowest BCUT2D eigenvalue weighted by atomic mass is 10.1. The van der Waals surface area contributed by atoms with Crippen LogP contribution in [0.5, 0.6) is 11.5 Å². The molecule has 0 bridgehead atoms. The van der Waals surface area contributed by atoms with E-state index in [9.17, 15) is 9.59 Å². The number of hydrogen-bond donors (Lipinski definition) is 1. The van der Waals surface area contributed by atoms with Crippen LogP contribution in [-0.2, 0) is 22.6 Å². The number of nitrogens with one attached hydrogen (secondary N) is 1. The summed E-state index contributed by atoms with van der Waals surface area (Å²) in [7, 11) is 0. The normalized spacial score (nSPS) is 12.8. The molecule has 2 heterocycles. The molecule has 1 aliphatic rings. The first-order valence-electron chi connectivity index (χ1n) is 10.0.